The Kier molecular flexibility index (Phi) is 6.30. The number of Topliss-reactive ketones (excluding diaryl/α,β-unsaturated/α-hetero) is 1. The molecule has 1 aliphatic rings. The number of aliphatic hydroxyl groups excluding tert-OH is 1. The number of likely N-dealkylation sites (tertiary alicyclic amines) is 1. The van der Waals surface area contributed by atoms with Gasteiger partial charge in [0.05, 0.1) is 6.10 Å². The molecular weight excluding hydrogens is 292 g/mol. The van der Waals surface area contributed by atoms with Gasteiger partial charge in [0.25, 0.3) is 0 Å². The maximum Gasteiger partial charge on any atom is 0.225 e. The molecule has 1 heterocycles. The third-order valence-corrected chi connectivity index (χ3v) is 4.31. The van der Waals surface area contributed by atoms with E-state index in [1.807, 2.05) is 6.92 Å². The van der Waals surface area contributed by atoms with Crippen LogP contribution in [0, 0.1) is 0 Å². The molecule has 0 bridgehead atoms. The minimum atomic E-state index is -0.297. The summed E-state index contributed by atoms with van der Waals surface area (Å²) in [5.74, 6) is -0.00987. The molecule has 2 unspecified atom stereocenters. The Labute approximate surface area is 137 Å². The maximum atomic E-state index is 12.1. The summed E-state index contributed by atoms with van der Waals surface area (Å²) in [6, 6.07) is 7.33. The lowest BCUT2D eigenvalue weighted by Gasteiger charge is -2.25. The van der Waals surface area contributed by atoms with Crippen molar-refractivity contribution < 1.29 is 14.7 Å². The minimum Gasteiger partial charge on any atom is -0.393 e. The predicted molar refractivity (Wildman–Crippen MR) is 90.6 cm³/mol. The van der Waals surface area contributed by atoms with Gasteiger partial charge >= 0.3 is 0 Å². The molecule has 5 nitrogen and oxygen atoms in total. The molecule has 23 heavy (non-hydrogen) atoms. The molecule has 126 valence electrons. The van der Waals surface area contributed by atoms with Crippen LogP contribution in [0.25, 0.3) is 0 Å². The van der Waals surface area contributed by atoms with Crippen molar-refractivity contribution in [1.82, 2.24) is 4.90 Å². The van der Waals surface area contributed by atoms with Gasteiger partial charge < -0.3 is 10.4 Å². The molecule has 2 N–H and O–H groups in total. The zero-order valence-electron chi connectivity index (χ0n) is 13.9. The lowest BCUT2D eigenvalue weighted by molar-refractivity contribution is -0.116. The normalized spacial score (nSPS) is 19.5. The molecule has 1 saturated heterocycles. The van der Waals surface area contributed by atoms with Gasteiger partial charge in [-0.15, -0.1) is 0 Å². The summed E-state index contributed by atoms with van der Waals surface area (Å²) in [5.41, 5.74) is 1.35. The first-order chi connectivity index (χ1) is 11.0. The topological polar surface area (TPSA) is 69.6 Å². The highest BCUT2D eigenvalue weighted by molar-refractivity contribution is 5.95. The number of nitrogens with one attached hydrogen (secondary N) is 1. The van der Waals surface area contributed by atoms with E-state index in [4.69, 9.17) is 0 Å². The fraction of sp³-hybridized carbons (Fsp3) is 0.556. The lowest BCUT2D eigenvalue weighted by Crippen LogP contribution is -2.34. The summed E-state index contributed by atoms with van der Waals surface area (Å²) < 4.78 is 0. The molecule has 0 spiro atoms. The molecule has 1 aliphatic heterocycles. The monoisotopic (exact) mass is 318 g/mol. The third kappa shape index (κ3) is 5.44. The van der Waals surface area contributed by atoms with Gasteiger partial charge in [-0.05, 0) is 63.9 Å². The Morgan fingerprint density at radius 1 is 1.35 bits per heavy atom. The zero-order valence-corrected chi connectivity index (χ0v) is 13.9. The molecular formula is C18H26N2O3. The number of ketones is 1. The molecule has 5 heteroatoms. The summed E-state index contributed by atoms with van der Waals surface area (Å²) in [6.45, 7) is 5.05. The van der Waals surface area contributed by atoms with Gasteiger partial charge in [-0.1, -0.05) is 0 Å². The molecule has 1 amide bonds. The van der Waals surface area contributed by atoms with E-state index in [0.717, 1.165) is 32.4 Å². The molecule has 1 fully saturated rings. The number of benzene rings is 1. The Bertz CT molecular complexity index is 540. The van der Waals surface area contributed by atoms with Crippen LogP contribution in [-0.4, -0.2) is 46.9 Å². The first kappa shape index (κ1) is 17.6. The molecule has 0 aliphatic carbocycles. The van der Waals surface area contributed by atoms with E-state index < -0.39 is 0 Å². The quantitative estimate of drug-likeness (QED) is 0.758. The Morgan fingerprint density at radius 3 is 2.65 bits per heavy atom. The van der Waals surface area contributed by atoms with Crippen LogP contribution in [0.1, 0.15) is 49.9 Å². The largest absolute Gasteiger partial charge is 0.393 e. The van der Waals surface area contributed by atoms with Crippen LogP contribution in [0.4, 0.5) is 5.69 Å². The summed E-state index contributed by atoms with van der Waals surface area (Å²) >= 11 is 0. The van der Waals surface area contributed by atoms with Crippen LogP contribution in [0.3, 0.4) is 0 Å². The second-order valence-electron chi connectivity index (χ2n) is 6.35. The summed E-state index contributed by atoms with van der Waals surface area (Å²) in [6.07, 6.45) is 3.14. The van der Waals surface area contributed by atoms with Crippen LogP contribution in [0.15, 0.2) is 24.3 Å². The summed E-state index contributed by atoms with van der Waals surface area (Å²) in [4.78, 5) is 25.6. The maximum absolute atomic E-state index is 12.1. The van der Waals surface area contributed by atoms with Crippen molar-refractivity contribution in [2.45, 2.75) is 51.7 Å². The number of aliphatic hydroxyl groups is 1. The van der Waals surface area contributed by atoms with Crippen molar-refractivity contribution in [3.8, 4) is 0 Å². The second-order valence-corrected chi connectivity index (χ2v) is 6.35. The smallest absolute Gasteiger partial charge is 0.225 e. The van der Waals surface area contributed by atoms with Crippen molar-refractivity contribution in [1.29, 1.82) is 0 Å². The van der Waals surface area contributed by atoms with E-state index in [9.17, 15) is 14.7 Å². The highest BCUT2D eigenvalue weighted by Crippen LogP contribution is 2.21. The van der Waals surface area contributed by atoms with E-state index >= 15 is 0 Å². The average Bonchev–Trinajstić information content (AvgIpc) is 2.92. The van der Waals surface area contributed by atoms with Gasteiger partial charge in [-0.3, -0.25) is 14.5 Å². The number of hydrogen-bond acceptors (Lipinski definition) is 4. The third-order valence-electron chi connectivity index (χ3n) is 4.31. The van der Waals surface area contributed by atoms with Gasteiger partial charge in [0.2, 0.25) is 5.91 Å². The van der Waals surface area contributed by atoms with Crippen LogP contribution < -0.4 is 5.32 Å². The van der Waals surface area contributed by atoms with E-state index in [2.05, 4.69) is 10.2 Å². The lowest BCUT2D eigenvalue weighted by atomic mass is 10.1. The van der Waals surface area contributed by atoms with Crippen molar-refractivity contribution >= 4 is 17.4 Å². The number of nitrogens with zero attached hydrogens (tertiary/aromatic N) is 1. The van der Waals surface area contributed by atoms with Crippen molar-refractivity contribution in [3.05, 3.63) is 29.8 Å². The highest BCUT2D eigenvalue weighted by Gasteiger charge is 2.25. The summed E-state index contributed by atoms with van der Waals surface area (Å²) in [7, 11) is 0. The highest BCUT2D eigenvalue weighted by atomic mass is 16.3. The number of rotatable bonds is 7. The van der Waals surface area contributed by atoms with E-state index in [-0.39, 0.29) is 17.8 Å². The van der Waals surface area contributed by atoms with E-state index in [1.165, 1.54) is 6.92 Å². The van der Waals surface area contributed by atoms with Crippen LogP contribution in [-0.2, 0) is 4.79 Å². The minimum absolute atomic E-state index is 0.0149. The predicted octanol–water partition coefficient (Wildman–Crippen LogP) is 2.45. The van der Waals surface area contributed by atoms with Crippen LogP contribution in [0.5, 0.6) is 0 Å². The molecule has 0 saturated carbocycles. The van der Waals surface area contributed by atoms with E-state index in [0.29, 0.717) is 23.7 Å². The Morgan fingerprint density at radius 2 is 2.04 bits per heavy atom. The second kappa shape index (κ2) is 8.22. The molecule has 2 atom stereocenters. The fourth-order valence-corrected chi connectivity index (χ4v) is 3.11. The van der Waals surface area contributed by atoms with E-state index in [1.54, 1.807) is 24.3 Å². The first-order valence-corrected chi connectivity index (χ1v) is 8.28. The van der Waals surface area contributed by atoms with Gasteiger partial charge in [0.1, 0.15) is 0 Å². The Hall–Kier alpha value is -1.72. The first-order valence-electron chi connectivity index (χ1n) is 8.28. The summed E-state index contributed by atoms with van der Waals surface area (Å²) in [5, 5.41) is 12.4. The molecule has 1 aromatic rings. The average molecular weight is 318 g/mol. The standard InChI is InChI=1S/C18H26N2O3/c1-13(21)12-17-4-3-10-20(17)11-9-18(23)19-16-7-5-15(6-8-16)14(2)22/h5-8,13,17,21H,3-4,9-12H2,1-2H3,(H,19,23). The van der Waals surface area contributed by atoms with Gasteiger partial charge in [-0.25, -0.2) is 0 Å². The van der Waals surface area contributed by atoms with Crippen LogP contribution in [0.2, 0.25) is 0 Å². The van der Waals surface area contributed by atoms with Gasteiger partial charge in [-0.2, -0.15) is 0 Å². The number of carbonyl (C=O) groups is 2. The van der Waals surface area contributed by atoms with Crippen molar-refractivity contribution in [2.24, 2.45) is 0 Å². The fourth-order valence-electron chi connectivity index (χ4n) is 3.11. The number of carbonyl (C=O) groups excluding carboxylic acids is 2. The van der Waals surface area contributed by atoms with Crippen molar-refractivity contribution in [3.63, 3.8) is 0 Å². The van der Waals surface area contributed by atoms with Gasteiger partial charge in [0, 0.05) is 30.3 Å². The SMILES string of the molecule is CC(=O)c1ccc(NC(=O)CCN2CCCC2CC(C)O)cc1. The van der Waals surface area contributed by atoms with Crippen LogP contribution >= 0.6 is 0 Å². The molecule has 2 rings (SSSR count). The molecule has 0 aromatic heterocycles. The Balaban J connectivity index is 1.79. The zero-order chi connectivity index (χ0) is 16.8. The van der Waals surface area contributed by atoms with Gasteiger partial charge in [0.15, 0.2) is 5.78 Å². The number of hydrogen-bond donors (Lipinski definition) is 2. The molecule has 0 radical (unpaired) electrons. The number of amides is 1. The van der Waals surface area contributed by atoms with Crippen molar-refractivity contribution in [2.75, 3.05) is 18.4 Å². The number of anilines is 1. The molecule has 1 aromatic carbocycles.